The van der Waals surface area contributed by atoms with E-state index in [0.717, 1.165) is 22.3 Å². The number of hydrazone groups is 1. The van der Waals surface area contributed by atoms with Gasteiger partial charge >= 0.3 is 5.91 Å². The fourth-order valence-electron chi connectivity index (χ4n) is 3.06. The van der Waals surface area contributed by atoms with Gasteiger partial charge in [-0.3, -0.25) is 4.79 Å². The van der Waals surface area contributed by atoms with E-state index in [1.54, 1.807) is 18.3 Å². The maximum atomic E-state index is 12.4. The quantitative estimate of drug-likeness (QED) is 0.319. The largest absolute Gasteiger partial charge is 0.494 e. The number of para-hydroxylation sites is 1. The van der Waals surface area contributed by atoms with Crippen molar-refractivity contribution in [3.63, 3.8) is 0 Å². The lowest BCUT2D eigenvalue weighted by atomic mass is 10.2. The van der Waals surface area contributed by atoms with Gasteiger partial charge in [0, 0.05) is 10.9 Å². The summed E-state index contributed by atoms with van der Waals surface area (Å²) in [6.45, 7) is 2.93. The van der Waals surface area contributed by atoms with Crippen molar-refractivity contribution < 1.29 is 18.7 Å². The zero-order chi connectivity index (χ0) is 21.5. The summed E-state index contributed by atoms with van der Waals surface area (Å²) in [7, 11) is 0. The summed E-state index contributed by atoms with van der Waals surface area (Å²) in [5, 5.41) is 4.85. The molecule has 0 saturated carbocycles. The topological polar surface area (TPSA) is 73.1 Å². The molecule has 0 aliphatic carbocycles. The van der Waals surface area contributed by atoms with Gasteiger partial charge in [-0.15, -0.1) is 0 Å². The molecule has 6 heteroatoms. The van der Waals surface area contributed by atoms with Crippen LogP contribution in [0.25, 0.3) is 11.0 Å². The van der Waals surface area contributed by atoms with Gasteiger partial charge in [0.1, 0.15) is 23.7 Å². The van der Waals surface area contributed by atoms with E-state index in [9.17, 15) is 4.79 Å². The maximum Gasteiger partial charge on any atom is 0.307 e. The predicted molar refractivity (Wildman–Crippen MR) is 120 cm³/mol. The van der Waals surface area contributed by atoms with Crippen molar-refractivity contribution in [2.45, 2.75) is 13.5 Å². The molecule has 31 heavy (non-hydrogen) atoms. The van der Waals surface area contributed by atoms with E-state index in [1.165, 1.54) is 0 Å². The number of carbonyl (C=O) groups is 1. The van der Waals surface area contributed by atoms with Gasteiger partial charge in [0.25, 0.3) is 0 Å². The van der Waals surface area contributed by atoms with Gasteiger partial charge in [-0.25, -0.2) is 5.43 Å². The van der Waals surface area contributed by atoms with E-state index >= 15 is 0 Å². The highest BCUT2D eigenvalue weighted by atomic mass is 16.5. The molecular formula is C25H22N2O4. The summed E-state index contributed by atoms with van der Waals surface area (Å²) in [5.41, 5.74) is 4.93. The molecule has 0 unspecified atom stereocenters. The highest BCUT2D eigenvalue weighted by Crippen LogP contribution is 2.24. The van der Waals surface area contributed by atoms with Gasteiger partial charge in [-0.1, -0.05) is 42.5 Å². The highest BCUT2D eigenvalue weighted by molar-refractivity contribution is 5.97. The third kappa shape index (κ3) is 5.11. The predicted octanol–water partition coefficient (Wildman–Crippen LogP) is 5.17. The standard InChI is InChI=1S/C25H22N2O4/c1-2-29-21-12-13-23-20(14-21)15-24(31-23)25(28)27-26-16-19-10-6-7-11-22(19)30-17-18-8-4-3-5-9-18/h3-16H,2,17H2,1H3,(H,27,28)/b26-16+. The molecule has 0 aliphatic heterocycles. The minimum atomic E-state index is -0.437. The van der Waals surface area contributed by atoms with Crippen LogP contribution in [-0.2, 0) is 6.61 Å². The van der Waals surface area contributed by atoms with Crippen LogP contribution in [0.4, 0.5) is 0 Å². The monoisotopic (exact) mass is 414 g/mol. The van der Waals surface area contributed by atoms with Crippen LogP contribution >= 0.6 is 0 Å². The fourth-order valence-corrected chi connectivity index (χ4v) is 3.06. The summed E-state index contributed by atoms with van der Waals surface area (Å²) in [6.07, 6.45) is 1.55. The molecule has 0 fully saturated rings. The Morgan fingerprint density at radius 1 is 1.00 bits per heavy atom. The Morgan fingerprint density at radius 3 is 2.65 bits per heavy atom. The minimum Gasteiger partial charge on any atom is -0.494 e. The Morgan fingerprint density at radius 2 is 1.81 bits per heavy atom. The average molecular weight is 414 g/mol. The van der Waals surface area contributed by atoms with E-state index in [1.807, 2.05) is 73.7 Å². The van der Waals surface area contributed by atoms with E-state index in [4.69, 9.17) is 13.9 Å². The Bertz CT molecular complexity index is 1200. The molecule has 6 nitrogen and oxygen atoms in total. The lowest BCUT2D eigenvalue weighted by molar-refractivity contribution is 0.0929. The van der Waals surface area contributed by atoms with Crippen LogP contribution in [0, 0.1) is 0 Å². The minimum absolute atomic E-state index is 0.175. The van der Waals surface area contributed by atoms with Crippen LogP contribution in [0.2, 0.25) is 0 Å². The van der Waals surface area contributed by atoms with Gasteiger partial charge < -0.3 is 13.9 Å². The van der Waals surface area contributed by atoms with Crippen molar-refractivity contribution >= 4 is 23.1 Å². The van der Waals surface area contributed by atoms with Crippen molar-refractivity contribution in [1.82, 2.24) is 5.43 Å². The van der Waals surface area contributed by atoms with Crippen LogP contribution in [-0.4, -0.2) is 18.7 Å². The third-order valence-corrected chi connectivity index (χ3v) is 4.55. The zero-order valence-corrected chi connectivity index (χ0v) is 17.1. The number of carbonyl (C=O) groups excluding carboxylic acids is 1. The first-order valence-corrected chi connectivity index (χ1v) is 9.98. The summed E-state index contributed by atoms with van der Waals surface area (Å²) in [4.78, 5) is 12.4. The molecule has 4 rings (SSSR count). The average Bonchev–Trinajstić information content (AvgIpc) is 3.23. The van der Waals surface area contributed by atoms with E-state index in [2.05, 4.69) is 10.5 Å². The molecule has 0 spiro atoms. The molecule has 0 radical (unpaired) electrons. The molecule has 0 saturated heterocycles. The summed E-state index contributed by atoms with van der Waals surface area (Å²) < 4.78 is 17.0. The first-order chi connectivity index (χ1) is 15.2. The smallest absolute Gasteiger partial charge is 0.307 e. The molecular weight excluding hydrogens is 392 g/mol. The molecule has 4 aromatic rings. The van der Waals surface area contributed by atoms with Crippen molar-refractivity contribution in [3.8, 4) is 11.5 Å². The lowest BCUT2D eigenvalue weighted by Gasteiger charge is -2.08. The molecule has 1 heterocycles. The second-order valence-corrected chi connectivity index (χ2v) is 6.75. The molecule has 0 atom stereocenters. The van der Waals surface area contributed by atoms with E-state index in [0.29, 0.717) is 24.5 Å². The molecule has 3 aromatic carbocycles. The van der Waals surface area contributed by atoms with E-state index < -0.39 is 5.91 Å². The number of hydrogen-bond acceptors (Lipinski definition) is 5. The van der Waals surface area contributed by atoms with Crippen LogP contribution in [0.1, 0.15) is 28.6 Å². The number of furan rings is 1. The number of hydrogen-bond donors (Lipinski definition) is 1. The van der Waals surface area contributed by atoms with Crippen molar-refractivity contribution in [3.05, 3.63) is 95.7 Å². The van der Waals surface area contributed by atoms with Crippen molar-refractivity contribution in [1.29, 1.82) is 0 Å². The zero-order valence-electron chi connectivity index (χ0n) is 17.1. The Balaban J connectivity index is 1.41. The number of benzene rings is 3. The first-order valence-electron chi connectivity index (χ1n) is 9.98. The van der Waals surface area contributed by atoms with Crippen LogP contribution in [0.15, 0.2) is 88.4 Å². The first kappa shape index (κ1) is 20.2. The summed E-state index contributed by atoms with van der Waals surface area (Å²) in [5.74, 6) is 1.15. The second kappa shape index (κ2) is 9.63. The SMILES string of the molecule is CCOc1ccc2oc(C(=O)N/N=C/c3ccccc3OCc3ccccc3)cc2c1. The van der Waals surface area contributed by atoms with Crippen LogP contribution in [0.5, 0.6) is 11.5 Å². The Hall–Kier alpha value is -4.06. The van der Waals surface area contributed by atoms with Crippen molar-refractivity contribution in [2.75, 3.05) is 6.61 Å². The lowest BCUT2D eigenvalue weighted by Crippen LogP contribution is -2.16. The molecule has 1 aromatic heterocycles. The Labute approximate surface area is 180 Å². The number of rotatable bonds is 8. The summed E-state index contributed by atoms with van der Waals surface area (Å²) in [6, 6.07) is 24.5. The molecule has 0 aliphatic rings. The third-order valence-electron chi connectivity index (χ3n) is 4.55. The molecule has 156 valence electrons. The number of ether oxygens (including phenoxy) is 2. The summed E-state index contributed by atoms with van der Waals surface area (Å²) >= 11 is 0. The van der Waals surface area contributed by atoms with Crippen molar-refractivity contribution in [2.24, 2.45) is 5.10 Å². The number of nitrogens with zero attached hydrogens (tertiary/aromatic N) is 1. The van der Waals surface area contributed by atoms with Gasteiger partial charge in [-0.05, 0) is 48.9 Å². The Kier molecular flexibility index (Phi) is 6.28. The molecule has 1 N–H and O–H groups in total. The maximum absolute atomic E-state index is 12.4. The normalized spacial score (nSPS) is 11.0. The van der Waals surface area contributed by atoms with Crippen LogP contribution in [0.3, 0.4) is 0 Å². The van der Waals surface area contributed by atoms with Crippen LogP contribution < -0.4 is 14.9 Å². The fraction of sp³-hybridized carbons (Fsp3) is 0.120. The second-order valence-electron chi connectivity index (χ2n) is 6.75. The number of amides is 1. The van der Waals surface area contributed by atoms with Gasteiger partial charge in [0.05, 0.1) is 12.8 Å². The number of nitrogens with one attached hydrogen (secondary N) is 1. The molecule has 0 bridgehead atoms. The number of fused-ring (bicyclic) bond motifs is 1. The van der Waals surface area contributed by atoms with E-state index in [-0.39, 0.29) is 5.76 Å². The van der Waals surface area contributed by atoms with Gasteiger partial charge in [0.15, 0.2) is 5.76 Å². The molecule has 1 amide bonds. The van der Waals surface area contributed by atoms with Gasteiger partial charge in [-0.2, -0.15) is 5.10 Å². The van der Waals surface area contributed by atoms with Gasteiger partial charge in [0.2, 0.25) is 0 Å². The highest BCUT2D eigenvalue weighted by Gasteiger charge is 2.12.